The molecule has 0 bridgehead atoms. The molecule has 45 heavy (non-hydrogen) atoms. The summed E-state index contributed by atoms with van der Waals surface area (Å²) >= 11 is 0. The van der Waals surface area contributed by atoms with Crippen molar-refractivity contribution in [1.82, 2.24) is 0 Å². The fourth-order valence-corrected chi connectivity index (χ4v) is 5.33. The lowest BCUT2D eigenvalue weighted by Crippen LogP contribution is -2.65. The standard InChI is InChI=1S/C24H42O21/c25-1-5-9(27)12(30)17(35)22(42-5)39-3-7-10(28)13(31)18(36)23(43-7)40-4-8-11(29)14(32)19(37)24(44-8)45-20-6(2-26)41-21(38)16(34)15(20)33/h5-38H,1-4H2/t5-,6-,7-,8-,9-,10-,11-,12+,13+,14+,15-,16-,17-,18-,19-,20-,21+,22+,23+,24-/m1/s1. The summed E-state index contributed by atoms with van der Waals surface area (Å²) in [5.41, 5.74) is 0. The van der Waals surface area contributed by atoms with Crippen LogP contribution in [0.15, 0.2) is 0 Å². The van der Waals surface area contributed by atoms with Gasteiger partial charge in [0.15, 0.2) is 25.2 Å². The van der Waals surface area contributed by atoms with Gasteiger partial charge in [-0.15, -0.1) is 0 Å². The highest BCUT2D eigenvalue weighted by Crippen LogP contribution is 2.30. The monoisotopic (exact) mass is 666 g/mol. The van der Waals surface area contributed by atoms with Crippen molar-refractivity contribution in [2.24, 2.45) is 0 Å². The Bertz CT molecular complexity index is 914. The highest BCUT2D eigenvalue weighted by molar-refractivity contribution is 4.95. The molecule has 21 heteroatoms. The Morgan fingerprint density at radius 1 is 0.378 bits per heavy atom. The first-order valence-electron chi connectivity index (χ1n) is 14.1. The zero-order valence-corrected chi connectivity index (χ0v) is 23.5. The Balaban J connectivity index is 1.37. The van der Waals surface area contributed by atoms with Crippen molar-refractivity contribution in [3.8, 4) is 0 Å². The van der Waals surface area contributed by atoms with E-state index in [1.807, 2.05) is 0 Å². The molecule has 0 radical (unpaired) electrons. The first kappa shape index (κ1) is 37.0. The first-order chi connectivity index (χ1) is 21.2. The van der Waals surface area contributed by atoms with Gasteiger partial charge in [-0.05, 0) is 0 Å². The number of hydrogen-bond donors (Lipinski definition) is 14. The van der Waals surface area contributed by atoms with Gasteiger partial charge in [0.2, 0.25) is 0 Å². The van der Waals surface area contributed by atoms with E-state index < -0.39 is 149 Å². The summed E-state index contributed by atoms with van der Waals surface area (Å²) in [7, 11) is 0. The molecule has 0 spiro atoms. The molecule has 4 aliphatic rings. The summed E-state index contributed by atoms with van der Waals surface area (Å²) < 4.78 is 37.4. The van der Waals surface area contributed by atoms with Crippen molar-refractivity contribution in [3.05, 3.63) is 0 Å². The molecule has 4 heterocycles. The third-order valence-electron chi connectivity index (χ3n) is 8.17. The lowest BCUT2D eigenvalue weighted by molar-refractivity contribution is -0.363. The molecule has 4 saturated heterocycles. The second-order valence-electron chi connectivity index (χ2n) is 11.2. The molecule has 0 aromatic heterocycles. The fourth-order valence-electron chi connectivity index (χ4n) is 5.33. The van der Waals surface area contributed by atoms with Crippen LogP contribution < -0.4 is 0 Å². The van der Waals surface area contributed by atoms with Crippen molar-refractivity contribution in [2.75, 3.05) is 26.4 Å². The van der Waals surface area contributed by atoms with Gasteiger partial charge in [-0.3, -0.25) is 0 Å². The van der Waals surface area contributed by atoms with Gasteiger partial charge in [-0.25, -0.2) is 0 Å². The van der Waals surface area contributed by atoms with Crippen LogP contribution >= 0.6 is 0 Å². The molecule has 4 fully saturated rings. The van der Waals surface area contributed by atoms with Gasteiger partial charge in [0, 0.05) is 0 Å². The maximum atomic E-state index is 10.5. The molecule has 264 valence electrons. The molecule has 0 aliphatic carbocycles. The van der Waals surface area contributed by atoms with E-state index >= 15 is 0 Å². The maximum Gasteiger partial charge on any atom is 0.187 e. The SMILES string of the molecule is OC[C@H]1O[C@H](OC[C@H]2O[C@H](OC[C@H]3O[C@H](O[C@H]4[C@H](O)[C@@H](O)[C@@H](O)O[C@@H]4CO)[C@H](O)[C@@H](O)[C@@H]3O)[C@H](O)[C@@H](O)[C@@H]2O)[C@H](O)[C@@H](O)[C@@H]1O. The van der Waals surface area contributed by atoms with E-state index in [9.17, 15) is 71.5 Å². The molecule has 21 nitrogen and oxygen atoms in total. The summed E-state index contributed by atoms with van der Waals surface area (Å²) in [4.78, 5) is 0. The molecule has 14 N–H and O–H groups in total. The van der Waals surface area contributed by atoms with Crippen molar-refractivity contribution in [2.45, 2.75) is 123 Å². The van der Waals surface area contributed by atoms with E-state index in [4.69, 9.17) is 33.2 Å². The van der Waals surface area contributed by atoms with Crippen LogP contribution in [0, 0.1) is 0 Å². The number of aliphatic hydroxyl groups is 14. The van der Waals surface area contributed by atoms with Crippen molar-refractivity contribution in [1.29, 1.82) is 0 Å². The smallest absolute Gasteiger partial charge is 0.187 e. The lowest BCUT2D eigenvalue weighted by Gasteiger charge is -2.46. The number of ether oxygens (including phenoxy) is 7. The molecule has 20 atom stereocenters. The van der Waals surface area contributed by atoms with Crippen LogP contribution in [0.25, 0.3) is 0 Å². The first-order valence-corrected chi connectivity index (χ1v) is 14.1. The second-order valence-corrected chi connectivity index (χ2v) is 11.2. The molecule has 0 amide bonds. The van der Waals surface area contributed by atoms with Crippen LogP contribution in [0.2, 0.25) is 0 Å². The minimum absolute atomic E-state index is 0.644. The number of rotatable bonds is 10. The third-order valence-corrected chi connectivity index (χ3v) is 8.17. The van der Waals surface area contributed by atoms with Crippen LogP contribution in [-0.2, 0) is 33.2 Å². The van der Waals surface area contributed by atoms with Crippen LogP contribution in [0.5, 0.6) is 0 Å². The van der Waals surface area contributed by atoms with E-state index in [2.05, 4.69) is 0 Å². The average Bonchev–Trinajstić information content (AvgIpc) is 3.03. The van der Waals surface area contributed by atoms with Gasteiger partial charge in [0.25, 0.3) is 0 Å². The summed E-state index contributed by atoms with van der Waals surface area (Å²) in [6.45, 7) is -2.90. The van der Waals surface area contributed by atoms with Crippen LogP contribution in [0.1, 0.15) is 0 Å². The predicted octanol–water partition coefficient (Wildman–Crippen LogP) is -9.75. The van der Waals surface area contributed by atoms with Crippen molar-refractivity contribution >= 4 is 0 Å². The highest BCUT2D eigenvalue weighted by atomic mass is 16.8. The number of hydrogen-bond acceptors (Lipinski definition) is 21. The topological polar surface area (TPSA) is 348 Å². The zero-order valence-electron chi connectivity index (χ0n) is 23.5. The molecular formula is C24H42O21. The van der Waals surface area contributed by atoms with E-state index in [-0.39, 0.29) is 0 Å². The van der Waals surface area contributed by atoms with Gasteiger partial charge in [-0.1, -0.05) is 0 Å². The third kappa shape index (κ3) is 7.75. The van der Waals surface area contributed by atoms with Gasteiger partial charge in [0.05, 0.1) is 26.4 Å². The normalized spacial score (nSPS) is 52.9. The Morgan fingerprint density at radius 3 is 1.24 bits per heavy atom. The molecular weight excluding hydrogens is 624 g/mol. The van der Waals surface area contributed by atoms with Gasteiger partial charge in [-0.2, -0.15) is 0 Å². The quantitative estimate of drug-likeness (QED) is 0.103. The second kappa shape index (κ2) is 15.6. The van der Waals surface area contributed by atoms with E-state index in [1.54, 1.807) is 0 Å². The van der Waals surface area contributed by atoms with E-state index in [1.165, 1.54) is 0 Å². The minimum Gasteiger partial charge on any atom is -0.394 e. The Morgan fingerprint density at radius 2 is 0.778 bits per heavy atom. The van der Waals surface area contributed by atoms with Gasteiger partial charge >= 0.3 is 0 Å². The van der Waals surface area contributed by atoms with E-state index in [0.29, 0.717) is 0 Å². The Labute approximate surface area is 254 Å². The summed E-state index contributed by atoms with van der Waals surface area (Å²) in [5.74, 6) is 0. The zero-order chi connectivity index (χ0) is 33.3. The summed E-state index contributed by atoms with van der Waals surface area (Å²) in [6, 6.07) is 0. The van der Waals surface area contributed by atoms with Crippen molar-refractivity contribution < 1.29 is 105 Å². The highest BCUT2D eigenvalue weighted by Gasteiger charge is 2.52. The largest absolute Gasteiger partial charge is 0.394 e. The molecule has 4 rings (SSSR count). The molecule has 0 aromatic carbocycles. The van der Waals surface area contributed by atoms with Gasteiger partial charge < -0.3 is 105 Å². The van der Waals surface area contributed by atoms with E-state index in [0.717, 1.165) is 0 Å². The Hall–Kier alpha value is -0.840. The molecule has 0 aromatic rings. The fraction of sp³-hybridized carbons (Fsp3) is 1.00. The average molecular weight is 667 g/mol. The van der Waals surface area contributed by atoms with Crippen LogP contribution in [0.3, 0.4) is 0 Å². The van der Waals surface area contributed by atoms with Crippen LogP contribution in [0.4, 0.5) is 0 Å². The summed E-state index contributed by atoms with van der Waals surface area (Å²) in [5, 5.41) is 141. The minimum atomic E-state index is -1.94. The summed E-state index contributed by atoms with van der Waals surface area (Å²) in [6.07, 6.45) is -34.6. The lowest BCUT2D eigenvalue weighted by atomic mass is 9.97. The molecule has 4 aliphatic heterocycles. The molecule has 0 saturated carbocycles. The Kier molecular flexibility index (Phi) is 12.8. The predicted molar refractivity (Wildman–Crippen MR) is 134 cm³/mol. The maximum absolute atomic E-state index is 10.5. The van der Waals surface area contributed by atoms with Crippen LogP contribution in [-0.4, -0.2) is 221 Å². The van der Waals surface area contributed by atoms with Gasteiger partial charge in [0.1, 0.15) is 97.7 Å². The number of aliphatic hydroxyl groups excluding tert-OH is 14. The molecule has 0 unspecified atom stereocenters. The van der Waals surface area contributed by atoms with Crippen molar-refractivity contribution in [3.63, 3.8) is 0 Å².